The van der Waals surface area contributed by atoms with Crippen LogP contribution in [-0.4, -0.2) is 16.1 Å². The van der Waals surface area contributed by atoms with Crippen molar-refractivity contribution in [2.45, 2.75) is 26.2 Å². The highest BCUT2D eigenvalue weighted by Gasteiger charge is 2.13. The maximum absolute atomic E-state index is 11.6. The Morgan fingerprint density at radius 2 is 1.88 bits per heavy atom. The SMILES string of the molecule is CC[C@@H](C)c1ccc(-c2cc(C(=O)O)c3cc(Cl)ccc3n2)cc1. The number of carbonyl (C=O) groups is 1. The van der Waals surface area contributed by atoms with Crippen LogP contribution in [0.3, 0.4) is 0 Å². The fourth-order valence-electron chi connectivity index (χ4n) is 2.74. The summed E-state index contributed by atoms with van der Waals surface area (Å²) in [5, 5.41) is 10.6. The molecule has 0 saturated carbocycles. The fourth-order valence-corrected chi connectivity index (χ4v) is 2.91. The lowest BCUT2D eigenvalue weighted by molar-refractivity contribution is 0.0699. The molecule has 122 valence electrons. The van der Waals surface area contributed by atoms with Gasteiger partial charge >= 0.3 is 5.97 Å². The third-order valence-electron chi connectivity index (χ3n) is 4.39. The molecule has 24 heavy (non-hydrogen) atoms. The van der Waals surface area contributed by atoms with Crippen LogP contribution in [-0.2, 0) is 0 Å². The second kappa shape index (κ2) is 6.62. The molecule has 4 heteroatoms. The normalized spacial score (nSPS) is 12.3. The van der Waals surface area contributed by atoms with Crippen molar-refractivity contribution in [1.29, 1.82) is 0 Å². The maximum atomic E-state index is 11.6. The van der Waals surface area contributed by atoms with E-state index in [0.29, 0.717) is 27.5 Å². The van der Waals surface area contributed by atoms with Gasteiger partial charge in [0.25, 0.3) is 0 Å². The van der Waals surface area contributed by atoms with Crippen LogP contribution in [0.5, 0.6) is 0 Å². The second-order valence-electron chi connectivity index (χ2n) is 5.95. The summed E-state index contributed by atoms with van der Waals surface area (Å²) < 4.78 is 0. The summed E-state index contributed by atoms with van der Waals surface area (Å²) >= 11 is 5.99. The highest BCUT2D eigenvalue weighted by Crippen LogP contribution is 2.28. The minimum absolute atomic E-state index is 0.212. The molecule has 0 aliphatic heterocycles. The number of carboxylic acid groups (broad SMARTS) is 1. The first-order valence-electron chi connectivity index (χ1n) is 7.93. The summed E-state index contributed by atoms with van der Waals surface area (Å²) in [5.41, 5.74) is 3.66. The average Bonchev–Trinajstić information content (AvgIpc) is 2.60. The molecular formula is C20H18ClNO2. The number of aromatic carboxylic acids is 1. The molecule has 1 heterocycles. The number of carboxylic acids is 1. The van der Waals surface area contributed by atoms with Gasteiger partial charge in [-0.25, -0.2) is 9.78 Å². The van der Waals surface area contributed by atoms with Gasteiger partial charge in [0.1, 0.15) is 0 Å². The number of hydrogen-bond donors (Lipinski definition) is 1. The average molecular weight is 340 g/mol. The number of pyridine rings is 1. The molecular weight excluding hydrogens is 322 g/mol. The summed E-state index contributed by atoms with van der Waals surface area (Å²) in [6, 6.07) is 14.9. The summed E-state index contributed by atoms with van der Waals surface area (Å²) in [5.74, 6) is -0.484. The predicted molar refractivity (Wildman–Crippen MR) is 97.9 cm³/mol. The van der Waals surface area contributed by atoms with Crippen molar-refractivity contribution in [3.8, 4) is 11.3 Å². The van der Waals surface area contributed by atoms with E-state index in [1.54, 1.807) is 24.3 Å². The van der Waals surface area contributed by atoms with Crippen molar-refractivity contribution in [2.75, 3.05) is 0 Å². The molecule has 0 fully saturated rings. The van der Waals surface area contributed by atoms with E-state index in [9.17, 15) is 9.90 Å². The zero-order chi connectivity index (χ0) is 17.3. The van der Waals surface area contributed by atoms with Crippen molar-refractivity contribution in [1.82, 2.24) is 4.98 Å². The van der Waals surface area contributed by atoms with Crippen molar-refractivity contribution in [3.63, 3.8) is 0 Å². The quantitative estimate of drug-likeness (QED) is 0.656. The molecule has 0 unspecified atom stereocenters. The first-order valence-corrected chi connectivity index (χ1v) is 8.31. The van der Waals surface area contributed by atoms with Crippen LogP contribution in [0.1, 0.15) is 42.1 Å². The first-order chi connectivity index (χ1) is 11.5. The molecule has 1 aromatic heterocycles. The van der Waals surface area contributed by atoms with Gasteiger partial charge in [-0.2, -0.15) is 0 Å². The monoisotopic (exact) mass is 339 g/mol. The zero-order valence-corrected chi connectivity index (χ0v) is 14.3. The van der Waals surface area contributed by atoms with E-state index in [4.69, 9.17) is 11.6 Å². The smallest absolute Gasteiger partial charge is 0.336 e. The Hall–Kier alpha value is -2.39. The number of rotatable bonds is 4. The minimum Gasteiger partial charge on any atom is -0.478 e. The number of benzene rings is 2. The molecule has 0 spiro atoms. The van der Waals surface area contributed by atoms with Crippen molar-refractivity contribution < 1.29 is 9.90 Å². The molecule has 0 aliphatic carbocycles. The Morgan fingerprint density at radius 1 is 1.17 bits per heavy atom. The summed E-state index contributed by atoms with van der Waals surface area (Å²) in [6.07, 6.45) is 1.08. The van der Waals surface area contributed by atoms with E-state index < -0.39 is 5.97 Å². The zero-order valence-electron chi connectivity index (χ0n) is 13.6. The Labute approximate surface area is 145 Å². The molecule has 0 radical (unpaired) electrons. The van der Waals surface area contributed by atoms with E-state index in [-0.39, 0.29) is 5.56 Å². The van der Waals surface area contributed by atoms with Crippen LogP contribution < -0.4 is 0 Å². The van der Waals surface area contributed by atoms with Gasteiger partial charge in [-0.1, -0.05) is 49.7 Å². The highest BCUT2D eigenvalue weighted by molar-refractivity contribution is 6.31. The number of hydrogen-bond acceptors (Lipinski definition) is 2. The molecule has 3 nitrogen and oxygen atoms in total. The van der Waals surface area contributed by atoms with Gasteiger partial charge in [0, 0.05) is 16.0 Å². The van der Waals surface area contributed by atoms with E-state index in [1.807, 2.05) is 12.1 Å². The molecule has 1 N–H and O–H groups in total. The molecule has 0 amide bonds. The van der Waals surface area contributed by atoms with Crippen LogP contribution >= 0.6 is 11.6 Å². The van der Waals surface area contributed by atoms with Gasteiger partial charge in [0.15, 0.2) is 0 Å². The predicted octanol–water partition coefficient (Wildman–Crippen LogP) is 5.77. The van der Waals surface area contributed by atoms with Gasteiger partial charge < -0.3 is 5.11 Å². The van der Waals surface area contributed by atoms with Gasteiger partial charge in [0.2, 0.25) is 0 Å². The van der Waals surface area contributed by atoms with Gasteiger partial charge in [-0.05, 0) is 42.2 Å². The molecule has 1 atom stereocenters. The number of fused-ring (bicyclic) bond motifs is 1. The highest BCUT2D eigenvalue weighted by atomic mass is 35.5. The lowest BCUT2D eigenvalue weighted by atomic mass is 9.96. The lowest BCUT2D eigenvalue weighted by Crippen LogP contribution is -2.00. The van der Waals surface area contributed by atoms with Gasteiger partial charge in [0.05, 0.1) is 16.8 Å². The summed E-state index contributed by atoms with van der Waals surface area (Å²) in [6.45, 7) is 4.35. The third kappa shape index (κ3) is 3.13. The van der Waals surface area contributed by atoms with E-state index >= 15 is 0 Å². The first kappa shape index (κ1) is 16.5. The maximum Gasteiger partial charge on any atom is 0.336 e. The standard InChI is InChI=1S/C20H18ClNO2/c1-3-12(2)13-4-6-14(7-5-13)19-11-17(20(23)24)16-10-15(21)8-9-18(16)22-19/h4-12H,3H2,1-2H3,(H,23,24)/t12-/m1/s1. The second-order valence-corrected chi connectivity index (χ2v) is 6.39. The van der Waals surface area contributed by atoms with E-state index in [1.165, 1.54) is 5.56 Å². The van der Waals surface area contributed by atoms with Crippen molar-refractivity contribution >= 4 is 28.5 Å². The van der Waals surface area contributed by atoms with Crippen LogP contribution in [0.15, 0.2) is 48.5 Å². The number of nitrogens with zero attached hydrogens (tertiary/aromatic N) is 1. The number of aromatic nitrogens is 1. The minimum atomic E-state index is -0.984. The molecule has 3 rings (SSSR count). The Kier molecular flexibility index (Phi) is 4.54. The Bertz CT molecular complexity index is 903. The van der Waals surface area contributed by atoms with Gasteiger partial charge in [-0.3, -0.25) is 0 Å². The molecule has 0 saturated heterocycles. The van der Waals surface area contributed by atoms with E-state index in [2.05, 4.69) is 31.0 Å². The molecule has 3 aromatic rings. The molecule has 0 bridgehead atoms. The molecule has 0 aliphatic rings. The van der Waals surface area contributed by atoms with Crippen LogP contribution in [0, 0.1) is 0 Å². The van der Waals surface area contributed by atoms with Crippen LogP contribution in [0.4, 0.5) is 0 Å². The Morgan fingerprint density at radius 3 is 2.50 bits per heavy atom. The third-order valence-corrected chi connectivity index (χ3v) is 4.62. The van der Waals surface area contributed by atoms with Crippen LogP contribution in [0.25, 0.3) is 22.2 Å². The van der Waals surface area contributed by atoms with Crippen molar-refractivity contribution in [3.05, 3.63) is 64.7 Å². The largest absolute Gasteiger partial charge is 0.478 e. The lowest BCUT2D eigenvalue weighted by Gasteiger charge is -2.11. The topological polar surface area (TPSA) is 50.2 Å². The van der Waals surface area contributed by atoms with E-state index in [0.717, 1.165) is 12.0 Å². The molecule has 2 aromatic carbocycles. The summed E-state index contributed by atoms with van der Waals surface area (Å²) in [4.78, 5) is 16.2. The summed E-state index contributed by atoms with van der Waals surface area (Å²) in [7, 11) is 0. The van der Waals surface area contributed by atoms with Crippen molar-refractivity contribution in [2.24, 2.45) is 0 Å². The Balaban J connectivity index is 2.13. The van der Waals surface area contributed by atoms with Crippen LogP contribution in [0.2, 0.25) is 5.02 Å². The number of halogens is 1. The fraction of sp³-hybridized carbons (Fsp3) is 0.200. The van der Waals surface area contributed by atoms with Gasteiger partial charge in [-0.15, -0.1) is 0 Å².